The Balaban J connectivity index is 1.87. The van der Waals surface area contributed by atoms with Crippen molar-refractivity contribution < 1.29 is 19.5 Å². The van der Waals surface area contributed by atoms with E-state index in [2.05, 4.69) is 5.32 Å². The molecule has 0 spiro atoms. The number of aliphatic carboxylic acids is 1. The van der Waals surface area contributed by atoms with Crippen LogP contribution in [0.1, 0.15) is 70.9 Å². The summed E-state index contributed by atoms with van der Waals surface area (Å²) in [4.78, 5) is 41.5. The second-order valence-corrected chi connectivity index (χ2v) is 11.8. The number of carbonyl (C=O) groups is 3. The van der Waals surface area contributed by atoms with E-state index in [0.29, 0.717) is 10.6 Å². The molecule has 3 aliphatic rings. The number of benzene rings is 1. The minimum absolute atomic E-state index is 0.159. The third-order valence-corrected chi connectivity index (χ3v) is 8.43. The molecule has 0 radical (unpaired) electrons. The topological polar surface area (TPSA) is 86.7 Å². The first-order valence-electron chi connectivity index (χ1n) is 11.4. The van der Waals surface area contributed by atoms with Crippen molar-refractivity contribution in [2.24, 2.45) is 17.8 Å². The van der Waals surface area contributed by atoms with Crippen LogP contribution >= 0.6 is 34.8 Å². The molecule has 33 heavy (non-hydrogen) atoms. The molecule has 2 amide bonds. The Kier molecular flexibility index (Phi) is 6.54. The van der Waals surface area contributed by atoms with Gasteiger partial charge in [-0.2, -0.15) is 0 Å². The largest absolute Gasteiger partial charge is 0.480 e. The molecule has 180 valence electrons. The highest BCUT2D eigenvalue weighted by Gasteiger charge is 2.69. The lowest BCUT2D eigenvalue weighted by Gasteiger charge is -2.37. The maximum atomic E-state index is 13.7. The van der Waals surface area contributed by atoms with Gasteiger partial charge in [0.1, 0.15) is 5.54 Å². The lowest BCUT2D eigenvalue weighted by Crippen LogP contribution is -2.58. The Morgan fingerprint density at radius 1 is 1.12 bits per heavy atom. The highest BCUT2D eigenvalue weighted by molar-refractivity contribution is 6.43. The van der Waals surface area contributed by atoms with Crippen LogP contribution in [0, 0.1) is 17.8 Å². The minimum Gasteiger partial charge on any atom is -0.480 e. The number of carboxylic acid groups (broad SMARTS) is 1. The zero-order valence-corrected chi connectivity index (χ0v) is 21.2. The fourth-order valence-corrected chi connectivity index (χ4v) is 6.79. The van der Waals surface area contributed by atoms with Gasteiger partial charge in [-0.25, -0.2) is 0 Å². The van der Waals surface area contributed by atoms with Crippen molar-refractivity contribution in [1.29, 1.82) is 0 Å². The van der Waals surface area contributed by atoms with Crippen LogP contribution in [0.5, 0.6) is 0 Å². The first-order chi connectivity index (χ1) is 15.4. The van der Waals surface area contributed by atoms with Gasteiger partial charge in [0.15, 0.2) is 0 Å². The molecule has 4 atom stereocenters. The van der Waals surface area contributed by atoms with Crippen LogP contribution in [0.25, 0.3) is 0 Å². The molecule has 1 aliphatic carbocycles. The van der Waals surface area contributed by atoms with E-state index in [4.69, 9.17) is 34.8 Å². The molecule has 0 bridgehead atoms. The Morgan fingerprint density at radius 2 is 1.76 bits per heavy atom. The van der Waals surface area contributed by atoms with Crippen LogP contribution < -0.4 is 5.32 Å². The summed E-state index contributed by atoms with van der Waals surface area (Å²) in [7, 11) is 0. The number of halogens is 3. The maximum absolute atomic E-state index is 13.7. The van der Waals surface area contributed by atoms with Crippen molar-refractivity contribution in [1.82, 2.24) is 10.2 Å². The van der Waals surface area contributed by atoms with Crippen LogP contribution in [0.3, 0.4) is 0 Å². The standard InChI is InChI=1S/C24H29Cl3N2O4/c1-23(2,3)29-20(30)16-17(21(29)31)24(22(32)33,11-12-7-5-4-6-8-12)28-19(16)14-9-13(25)10-15(26)18(14)27/h9-10,12,16-17,19,28H,4-8,11H2,1-3H3,(H,32,33). The maximum Gasteiger partial charge on any atom is 0.324 e. The van der Waals surface area contributed by atoms with Crippen LogP contribution in [0.4, 0.5) is 0 Å². The van der Waals surface area contributed by atoms with E-state index in [0.717, 1.165) is 32.1 Å². The minimum atomic E-state index is -1.58. The quantitative estimate of drug-likeness (QED) is 0.409. The second kappa shape index (κ2) is 8.71. The third kappa shape index (κ3) is 4.07. The fourth-order valence-electron chi connectivity index (χ4n) is 6.05. The number of amides is 2. The van der Waals surface area contributed by atoms with Gasteiger partial charge in [-0.15, -0.1) is 0 Å². The number of carboxylic acids is 1. The molecule has 2 heterocycles. The summed E-state index contributed by atoms with van der Waals surface area (Å²) in [6.45, 7) is 5.33. The third-order valence-electron chi connectivity index (χ3n) is 7.40. The molecule has 6 nitrogen and oxygen atoms in total. The van der Waals surface area contributed by atoms with E-state index >= 15 is 0 Å². The summed E-state index contributed by atoms with van der Waals surface area (Å²) in [6, 6.07) is 2.29. The van der Waals surface area contributed by atoms with Gasteiger partial charge in [-0.3, -0.25) is 24.6 Å². The van der Waals surface area contributed by atoms with E-state index in [-0.39, 0.29) is 22.4 Å². The summed E-state index contributed by atoms with van der Waals surface area (Å²) in [5.41, 5.74) is -1.93. The number of carbonyl (C=O) groups excluding carboxylic acids is 2. The van der Waals surface area contributed by atoms with Crippen molar-refractivity contribution in [3.8, 4) is 0 Å². The Hall–Kier alpha value is -1.34. The Morgan fingerprint density at radius 3 is 2.33 bits per heavy atom. The number of imide groups is 1. The molecule has 1 saturated carbocycles. The molecule has 4 rings (SSSR count). The molecule has 1 aromatic carbocycles. The van der Waals surface area contributed by atoms with Gasteiger partial charge in [-0.05, 0) is 50.8 Å². The monoisotopic (exact) mass is 514 g/mol. The van der Waals surface area contributed by atoms with Gasteiger partial charge < -0.3 is 5.11 Å². The van der Waals surface area contributed by atoms with Crippen molar-refractivity contribution in [2.45, 2.75) is 76.4 Å². The van der Waals surface area contributed by atoms with Crippen molar-refractivity contribution in [3.05, 3.63) is 32.8 Å². The highest BCUT2D eigenvalue weighted by Crippen LogP contribution is 2.54. The van der Waals surface area contributed by atoms with Crippen molar-refractivity contribution in [2.75, 3.05) is 0 Å². The van der Waals surface area contributed by atoms with Gasteiger partial charge in [0.25, 0.3) is 0 Å². The molecule has 3 fully saturated rings. The van der Waals surface area contributed by atoms with Crippen LogP contribution in [0.15, 0.2) is 12.1 Å². The zero-order chi connectivity index (χ0) is 24.3. The SMILES string of the molecule is CC(C)(C)N1C(=O)C2C(c3cc(Cl)cc(Cl)c3Cl)NC(CC3CCCCC3)(C(=O)O)C2C1=O. The van der Waals surface area contributed by atoms with Crippen molar-refractivity contribution >= 4 is 52.6 Å². The average Bonchev–Trinajstić information content (AvgIpc) is 3.20. The van der Waals surface area contributed by atoms with Crippen LogP contribution in [-0.4, -0.2) is 38.9 Å². The summed E-state index contributed by atoms with van der Waals surface area (Å²) in [5.74, 6) is -3.76. The van der Waals surface area contributed by atoms with Gasteiger partial charge >= 0.3 is 5.97 Å². The first-order valence-corrected chi connectivity index (χ1v) is 12.6. The predicted octanol–water partition coefficient (Wildman–Crippen LogP) is 5.48. The molecule has 9 heteroatoms. The number of rotatable bonds is 4. The van der Waals surface area contributed by atoms with Crippen molar-refractivity contribution in [3.63, 3.8) is 0 Å². The number of likely N-dealkylation sites (tertiary alicyclic amines) is 1. The van der Waals surface area contributed by atoms with E-state index in [1.807, 2.05) is 0 Å². The number of hydrogen-bond donors (Lipinski definition) is 2. The highest BCUT2D eigenvalue weighted by atomic mass is 35.5. The van der Waals surface area contributed by atoms with E-state index in [1.54, 1.807) is 26.8 Å². The van der Waals surface area contributed by atoms with E-state index < -0.39 is 46.7 Å². The first kappa shape index (κ1) is 24.8. The zero-order valence-electron chi connectivity index (χ0n) is 19.0. The second-order valence-electron chi connectivity index (χ2n) is 10.6. The molecular weight excluding hydrogens is 487 g/mol. The van der Waals surface area contributed by atoms with Gasteiger partial charge in [0, 0.05) is 16.6 Å². The molecule has 0 aromatic heterocycles. The lowest BCUT2D eigenvalue weighted by molar-refractivity contribution is -0.154. The molecule has 2 N–H and O–H groups in total. The summed E-state index contributed by atoms with van der Waals surface area (Å²) < 4.78 is 0. The number of nitrogens with zero attached hydrogens (tertiary/aromatic N) is 1. The van der Waals surface area contributed by atoms with E-state index in [9.17, 15) is 19.5 Å². The number of nitrogens with one attached hydrogen (secondary N) is 1. The number of fused-ring (bicyclic) bond motifs is 1. The summed E-state index contributed by atoms with van der Waals surface area (Å²) in [5, 5.41) is 14.5. The fraction of sp³-hybridized carbons (Fsp3) is 0.625. The normalized spacial score (nSPS) is 30.7. The smallest absolute Gasteiger partial charge is 0.324 e. The molecule has 2 aliphatic heterocycles. The lowest BCUT2D eigenvalue weighted by atomic mass is 9.72. The molecular formula is C24H29Cl3N2O4. The predicted molar refractivity (Wildman–Crippen MR) is 127 cm³/mol. The van der Waals surface area contributed by atoms with Crippen LogP contribution in [-0.2, 0) is 14.4 Å². The molecule has 2 saturated heterocycles. The Labute approximate surface area is 208 Å². The van der Waals surface area contributed by atoms with Gasteiger partial charge in [0.05, 0.1) is 21.9 Å². The molecule has 4 unspecified atom stereocenters. The molecule has 1 aromatic rings. The number of hydrogen-bond acceptors (Lipinski definition) is 4. The van der Waals surface area contributed by atoms with Crippen LogP contribution in [0.2, 0.25) is 15.1 Å². The van der Waals surface area contributed by atoms with Gasteiger partial charge in [-0.1, -0.05) is 66.9 Å². The average molecular weight is 516 g/mol. The summed E-state index contributed by atoms with van der Waals surface area (Å²) in [6.07, 6.45) is 5.30. The van der Waals surface area contributed by atoms with Gasteiger partial charge in [0.2, 0.25) is 11.8 Å². The summed E-state index contributed by atoms with van der Waals surface area (Å²) >= 11 is 19.0. The Bertz CT molecular complexity index is 1000. The van der Waals surface area contributed by atoms with E-state index in [1.165, 1.54) is 11.0 Å².